The number of guanidine groups is 1. The maximum atomic E-state index is 12.9. The maximum absolute atomic E-state index is 12.9. The number of ether oxygens (including phenoxy) is 1. The van der Waals surface area contributed by atoms with Gasteiger partial charge in [0, 0.05) is 20.1 Å². The molecule has 0 saturated carbocycles. The molecule has 6 heteroatoms. The first-order chi connectivity index (χ1) is 10.4. The molecule has 1 atom stereocenters. The van der Waals surface area contributed by atoms with Crippen molar-refractivity contribution in [3.8, 4) is 5.75 Å². The van der Waals surface area contributed by atoms with Crippen LogP contribution in [-0.4, -0.2) is 43.6 Å². The summed E-state index contributed by atoms with van der Waals surface area (Å²) in [5, 5.41) is 3.36. The zero-order valence-corrected chi connectivity index (χ0v) is 16.6. The zero-order chi connectivity index (χ0) is 16.2. The molecule has 0 spiro atoms. The van der Waals surface area contributed by atoms with Crippen LogP contribution in [0.3, 0.4) is 0 Å². The lowest BCUT2D eigenvalue weighted by atomic mass is 9.93. The Bertz CT molecular complexity index is 519. The number of halogens is 2. The summed E-state index contributed by atoms with van der Waals surface area (Å²) < 4.78 is 18.6. The van der Waals surface area contributed by atoms with Crippen LogP contribution in [0.25, 0.3) is 0 Å². The number of hydrogen-bond acceptors (Lipinski definition) is 2. The summed E-state index contributed by atoms with van der Waals surface area (Å²) in [7, 11) is 1.80. The van der Waals surface area contributed by atoms with Crippen molar-refractivity contribution in [2.75, 3.05) is 26.7 Å². The molecule has 1 aliphatic rings. The largest absolute Gasteiger partial charge is 0.489 e. The van der Waals surface area contributed by atoms with Crippen molar-refractivity contribution in [1.82, 2.24) is 10.2 Å². The highest BCUT2D eigenvalue weighted by molar-refractivity contribution is 14.0. The Morgan fingerprint density at radius 3 is 2.57 bits per heavy atom. The second-order valence-electron chi connectivity index (χ2n) is 6.65. The van der Waals surface area contributed by atoms with E-state index in [0.29, 0.717) is 17.7 Å². The van der Waals surface area contributed by atoms with Crippen LogP contribution >= 0.6 is 24.0 Å². The van der Waals surface area contributed by atoms with Crippen LogP contribution in [0.4, 0.5) is 4.39 Å². The van der Waals surface area contributed by atoms with Crippen LogP contribution in [0, 0.1) is 11.2 Å². The van der Waals surface area contributed by atoms with E-state index in [1.165, 1.54) is 18.6 Å². The summed E-state index contributed by atoms with van der Waals surface area (Å²) in [4.78, 5) is 6.63. The molecule has 1 N–H and O–H groups in total. The van der Waals surface area contributed by atoms with Crippen molar-refractivity contribution in [2.45, 2.75) is 33.3 Å². The van der Waals surface area contributed by atoms with E-state index in [1.807, 2.05) is 6.92 Å². The van der Waals surface area contributed by atoms with Crippen molar-refractivity contribution in [3.05, 3.63) is 30.1 Å². The molecule has 0 amide bonds. The Labute approximate surface area is 155 Å². The molecule has 1 saturated heterocycles. The number of nitrogens with one attached hydrogen (secondary N) is 1. The molecule has 0 bridgehead atoms. The highest BCUT2D eigenvalue weighted by atomic mass is 127. The molecule has 0 radical (unpaired) electrons. The van der Waals surface area contributed by atoms with Gasteiger partial charge in [0.1, 0.15) is 17.7 Å². The van der Waals surface area contributed by atoms with E-state index in [0.717, 1.165) is 19.0 Å². The Morgan fingerprint density at radius 2 is 2.04 bits per heavy atom. The van der Waals surface area contributed by atoms with Crippen molar-refractivity contribution in [3.63, 3.8) is 0 Å². The topological polar surface area (TPSA) is 36.9 Å². The third-order valence-electron chi connectivity index (χ3n) is 3.89. The fourth-order valence-corrected chi connectivity index (χ4v) is 2.65. The SMILES string of the molecule is CN=C(NCC(C)Oc1ccc(F)cc1)N1CCC(C)(C)C1.I. The quantitative estimate of drug-likeness (QED) is 0.447. The minimum absolute atomic E-state index is 0. The predicted molar refractivity (Wildman–Crippen MR) is 103 cm³/mol. The minimum Gasteiger partial charge on any atom is -0.489 e. The summed E-state index contributed by atoms with van der Waals surface area (Å²) in [6.07, 6.45) is 1.15. The molecule has 1 fully saturated rings. The number of aliphatic imine (C=N–C) groups is 1. The van der Waals surface area contributed by atoms with Gasteiger partial charge in [0.15, 0.2) is 5.96 Å². The molecule has 1 aromatic rings. The molecule has 4 nitrogen and oxygen atoms in total. The molecule has 1 unspecified atom stereocenters. The molecular formula is C17H27FIN3O. The normalized spacial score (nSPS) is 18.3. The van der Waals surface area contributed by atoms with Gasteiger partial charge in [0.05, 0.1) is 6.54 Å². The monoisotopic (exact) mass is 435 g/mol. The van der Waals surface area contributed by atoms with Gasteiger partial charge in [0.2, 0.25) is 0 Å². The summed E-state index contributed by atoms with van der Waals surface area (Å²) >= 11 is 0. The molecule has 23 heavy (non-hydrogen) atoms. The minimum atomic E-state index is -0.254. The Morgan fingerprint density at radius 1 is 1.39 bits per heavy atom. The average Bonchev–Trinajstić information content (AvgIpc) is 2.82. The second kappa shape index (κ2) is 8.70. The number of benzene rings is 1. The van der Waals surface area contributed by atoms with Crippen LogP contribution in [0.2, 0.25) is 0 Å². The van der Waals surface area contributed by atoms with Crippen molar-refractivity contribution in [2.24, 2.45) is 10.4 Å². The van der Waals surface area contributed by atoms with Gasteiger partial charge in [-0.3, -0.25) is 4.99 Å². The van der Waals surface area contributed by atoms with Gasteiger partial charge in [-0.2, -0.15) is 0 Å². The lowest BCUT2D eigenvalue weighted by molar-refractivity contribution is 0.222. The highest BCUT2D eigenvalue weighted by Gasteiger charge is 2.30. The standard InChI is InChI=1S/C17H26FN3O.HI/c1-13(22-15-7-5-14(18)6-8-15)11-20-16(19-4)21-10-9-17(2,3)12-21;/h5-8,13H,9-12H2,1-4H3,(H,19,20);1H. The summed E-state index contributed by atoms with van der Waals surface area (Å²) in [6.45, 7) is 9.24. The Kier molecular flexibility index (Phi) is 7.57. The zero-order valence-electron chi connectivity index (χ0n) is 14.3. The van der Waals surface area contributed by atoms with Crippen molar-refractivity contribution < 1.29 is 9.13 Å². The van der Waals surface area contributed by atoms with Gasteiger partial charge in [-0.25, -0.2) is 4.39 Å². The van der Waals surface area contributed by atoms with E-state index in [2.05, 4.69) is 29.1 Å². The smallest absolute Gasteiger partial charge is 0.193 e. The van der Waals surface area contributed by atoms with Crippen LogP contribution in [-0.2, 0) is 0 Å². The van der Waals surface area contributed by atoms with E-state index in [1.54, 1.807) is 19.2 Å². The molecule has 130 valence electrons. The first-order valence-electron chi connectivity index (χ1n) is 7.77. The first-order valence-corrected chi connectivity index (χ1v) is 7.77. The van der Waals surface area contributed by atoms with E-state index in [-0.39, 0.29) is 35.9 Å². The number of hydrogen-bond donors (Lipinski definition) is 1. The van der Waals surface area contributed by atoms with Gasteiger partial charge in [-0.05, 0) is 43.0 Å². The highest BCUT2D eigenvalue weighted by Crippen LogP contribution is 2.28. The molecule has 1 aliphatic heterocycles. The van der Waals surface area contributed by atoms with Gasteiger partial charge >= 0.3 is 0 Å². The van der Waals surface area contributed by atoms with Crippen LogP contribution in [0.1, 0.15) is 27.2 Å². The third-order valence-corrected chi connectivity index (χ3v) is 3.89. The third kappa shape index (κ3) is 6.16. The summed E-state index contributed by atoms with van der Waals surface area (Å²) in [6, 6.07) is 6.09. The van der Waals surface area contributed by atoms with E-state index in [9.17, 15) is 4.39 Å². The number of likely N-dealkylation sites (tertiary alicyclic amines) is 1. The molecule has 0 aliphatic carbocycles. The number of rotatable bonds is 4. The first kappa shape index (κ1) is 20.0. The lowest BCUT2D eigenvalue weighted by Gasteiger charge is -2.25. The molecule has 1 aromatic carbocycles. The summed E-state index contributed by atoms with van der Waals surface area (Å²) in [5.74, 6) is 1.34. The van der Waals surface area contributed by atoms with Crippen LogP contribution in [0.15, 0.2) is 29.3 Å². The lowest BCUT2D eigenvalue weighted by Crippen LogP contribution is -2.44. The van der Waals surface area contributed by atoms with Crippen molar-refractivity contribution in [1.29, 1.82) is 0 Å². The second-order valence-corrected chi connectivity index (χ2v) is 6.65. The van der Waals surface area contributed by atoms with E-state index in [4.69, 9.17) is 4.74 Å². The van der Waals surface area contributed by atoms with Crippen LogP contribution < -0.4 is 10.1 Å². The van der Waals surface area contributed by atoms with Gasteiger partial charge in [0.25, 0.3) is 0 Å². The van der Waals surface area contributed by atoms with Gasteiger partial charge in [-0.15, -0.1) is 24.0 Å². The predicted octanol–water partition coefficient (Wildman–Crippen LogP) is 3.52. The molecule has 2 rings (SSSR count). The van der Waals surface area contributed by atoms with E-state index < -0.39 is 0 Å². The van der Waals surface area contributed by atoms with Gasteiger partial charge < -0.3 is 15.0 Å². The fraction of sp³-hybridized carbons (Fsp3) is 0.588. The fourth-order valence-electron chi connectivity index (χ4n) is 2.65. The van der Waals surface area contributed by atoms with Gasteiger partial charge in [-0.1, -0.05) is 13.8 Å². The summed E-state index contributed by atoms with van der Waals surface area (Å²) in [5.41, 5.74) is 0.341. The molecule has 0 aromatic heterocycles. The molecular weight excluding hydrogens is 408 g/mol. The van der Waals surface area contributed by atoms with Crippen molar-refractivity contribution >= 4 is 29.9 Å². The maximum Gasteiger partial charge on any atom is 0.193 e. The average molecular weight is 435 g/mol. The number of nitrogens with zero attached hydrogens (tertiary/aromatic N) is 2. The van der Waals surface area contributed by atoms with Crippen LogP contribution in [0.5, 0.6) is 5.75 Å². The Hall–Kier alpha value is -1.05. The van der Waals surface area contributed by atoms with E-state index >= 15 is 0 Å². The Balaban J connectivity index is 0.00000264. The molecule has 1 heterocycles.